The summed E-state index contributed by atoms with van der Waals surface area (Å²) in [6.07, 6.45) is 1.31. The molecule has 1 spiro atoms. The van der Waals surface area contributed by atoms with Gasteiger partial charge in [0.15, 0.2) is 0 Å². The smallest absolute Gasteiger partial charge is 0.327 e. The number of piperidine rings is 1. The number of carboxylic acid groups (broad SMARTS) is 1. The van der Waals surface area contributed by atoms with E-state index < -0.39 is 34.1 Å². The van der Waals surface area contributed by atoms with Gasteiger partial charge in [-0.1, -0.05) is 36.4 Å². The lowest BCUT2D eigenvalue weighted by molar-refractivity contribution is -0.160. The number of carbonyl (C=O) groups is 3. The fourth-order valence-electron chi connectivity index (χ4n) is 5.53. The standard InChI is InChI=1S/C26H29N3O6S/c1-34-17-9-6-10-18(35-2)19(17)22(30)27-20-23(31)29-21(25(32)33)26(36-24(20)29)11-13-28(14-12-26)15-16-7-4-3-5-8-16/h3-10,20-21,24H,11-15H2,1-2H3,(H,27,30)(H,32,33)/t20?,21?,24-/m1/s1. The second-order valence-corrected chi connectivity index (χ2v) is 10.8. The first-order chi connectivity index (χ1) is 17.4. The molecule has 3 heterocycles. The number of methoxy groups -OCH3 is 2. The van der Waals surface area contributed by atoms with Crippen molar-refractivity contribution < 1.29 is 29.0 Å². The molecule has 2 aromatic carbocycles. The number of thioether (sulfide) groups is 1. The van der Waals surface area contributed by atoms with Gasteiger partial charge in [0.05, 0.1) is 19.0 Å². The van der Waals surface area contributed by atoms with Crippen molar-refractivity contribution in [2.24, 2.45) is 0 Å². The number of benzene rings is 2. The van der Waals surface area contributed by atoms with Gasteiger partial charge in [-0.05, 0) is 43.6 Å². The lowest BCUT2D eigenvalue weighted by atomic mass is 9.85. The van der Waals surface area contributed by atoms with E-state index in [0.717, 1.165) is 19.6 Å². The van der Waals surface area contributed by atoms with E-state index in [1.165, 1.54) is 36.4 Å². The maximum Gasteiger partial charge on any atom is 0.327 e. The van der Waals surface area contributed by atoms with Crippen LogP contribution in [-0.2, 0) is 16.1 Å². The van der Waals surface area contributed by atoms with E-state index in [1.54, 1.807) is 18.2 Å². The minimum atomic E-state index is -0.994. The Kier molecular flexibility index (Phi) is 6.57. The van der Waals surface area contributed by atoms with Gasteiger partial charge in [-0.3, -0.25) is 14.5 Å². The van der Waals surface area contributed by atoms with E-state index in [0.29, 0.717) is 24.3 Å². The molecule has 10 heteroatoms. The summed E-state index contributed by atoms with van der Waals surface area (Å²) in [6, 6.07) is 13.5. The average Bonchev–Trinajstić information content (AvgIpc) is 3.19. The van der Waals surface area contributed by atoms with Gasteiger partial charge in [0.1, 0.15) is 34.5 Å². The van der Waals surface area contributed by atoms with Crippen molar-refractivity contribution in [2.45, 2.75) is 41.6 Å². The molecule has 3 atom stereocenters. The van der Waals surface area contributed by atoms with Crippen molar-refractivity contribution in [3.05, 3.63) is 59.7 Å². The fourth-order valence-corrected chi connectivity index (χ4v) is 7.43. The molecular weight excluding hydrogens is 482 g/mol. The predicted octanol–water partition coefficient (Wildman–Crippen LogP) is 2.21. The van der Waals surface area contributed by atoms with Gasteiger partial charge in [0.2, 0.25) is 5.91 Å². The molecule has 3 saturated heterocycles. The summed E-state index contributed by atoms with van der Waals surface area (Å²) in [5.74, 6) is -1.19. The highest BCUT2D eigenvalue weighted by molar-refractivity contribution is 8.01. The largest absolute Gasteiger partial charge is 0.496 e. The van der Waals surface area contributed by atoms with E-state index in [1.807, 2.05) is 18.2 Å². The molecule has 2 amide bonds. The Bertz CT molecular complexity index is 1150. The summed E-state index contributed by atoms with van der Waals surface area (Å²) in [5.41, 5.74) is 1.42. The fraction of sp³-hybridized carbons (Fsp3) is 0.423. The molecule has 0 radical (unpaired) electrons. The van der Waals surface area contributed by atoms with Gasteiger partial charge < -0.3 is 24.8 Å². The Balaban J connectivity index is 1.31. The highest BCUT2D eigenvalue weighted by Crippen LogP contribution is 2.55. The van der Waals surface area contributed by atoms with Gasteiger partial charge in [-0.2, -0.15) is 0 Å². The Hall–Kier alpha value is -3.24. The second-order valence-electron chi connectivity index (χ2n) is 9.31. The number of nitrogens with zero attached hydrogens (tertiary/aromatic N) is 2. The van der Waals surface area contributed by atoms with Crippen LogP contribution in [0.5, 0.6) is 11.5 Å². The lowest BCUT2D eigenvalue weighted by Gasteiger charge is -2.44. The minimum absolute atomic E-state index is 0.204. The summed E-state index contributed by atoms with van der Waals surface area (Å²) in [7, 11) is 2.92. The Morgan fingerprint density at radius 2 is 1.69 bits per heavy atom. The quantitative estimate of drug-likeness (QED) is 0.545. The van der Waals surface area contributed by atoms with Crippen LogP contribution < -0.4 is 14.8 Å². The number of ether oxygens (including phenoxy) is 2. The normalized spacial score (nSPS) is 24.7. The molecule has 3 aliphatic heterocycles. The molecule has 3 aliphatic rings. The molecule has 2 unspecified atom stereocenters. The third-order valence-corrected chi connectivity index (χ3v) is 9.18. The predicted molar refractivity (Wildman–Crippen MR) is 134 cm³/mol. The number of rotatable bonds is 7. The maximum absolute atomic E-state index is 13.2. The van der Waals surface area contributed by atoms with Crippen molar-refractivity contribution in [1.29, 1.82) is 0 Å². The Morgan fingerprint density at radius 1 is 1.06 bits per heavy atom. The molecule has 9 nitrogen and oxygen atoms in total. The number of nitrogens with one attached hydrogen (secondary N) is 1. The third kappa shape index (κ3) is 4.08. The number of hydrogen-bond acceptors (Lipinski definition) is 7. The third-order valence-electron chi connectivity index (χ3n) is 7.34. The van der Waals surface area contributed by atoms with Crippen molar-refractivity contribution in [3.63, 3.8) is 0 Å². The van der Waals surface area contributed by atoms with Crippen LogP contribution in [-0.4, -0.2) is 82.2 Å². The molecule has 2 aromatic rings. The maximum atomic E-state index is 13.2. The molecule has 36 heavy (non-hydrogen) atoms. The minimum Gasteiger partial charge on any atom is -0.496 e. The average molecular weight is 512 g/mol. The van der Waals surface area contributed by atoms with Crippen molar-refractivity contribution in [3.8, 4) is 11.5 Å². The molecule has 0 saturated carbocycles. The highest BCUT2D eigenvalue weighted by atomic mass is 32.2. The number of aliphatic carboxylic acids is 1. The van der Waals surface area contributed by atoms with E-state index in [2.05, 4.69) is 22.3 Å². The van der Waals surface area contributed by atoms with E-state index >= 15 is 0 Å². The number of carbonyl (C=O) groups excluding carboxylic acids is 2. The van der Waals surface area contributed by atoms with Crippen molar-refractivity contribution >= 4 is 29.5 Å². The summed E-state index contributed by atoms with van der Waals surface area (Å²) < 4.78 is 10.1. The summed E-state index contributed by atoms with van der Waals surface area (Å²) >= 11 is 1.52. The molecule has 190 valence electrons. The van der Waals surface area contributed by atoms with Crippen LogP contribution in [0.15, 0.2) is 48.5 Å². The summed E-state index contributed by atoms with van der Waals surface area (Å²) in [6.45, 7) is 2.30. The number of hydrogen-bond donors (Lipinski definition) is 2. The number of β-lactam (4-membered cyclic amide) rings is 1. The second kappa shape index (κ2) is 9.67. The summed E-state index contributed by atoms with van der Waals surface area (Å²) in [5, 5.41) is 12.5. The van der Waals surface area contributed by atoms with Crippen LogP contribution in [0, 0.1) is 0 Å². The van der Waals surface area contributed by atoms with E-state index in [4.69, 9.17) is 9.47 Å². The Labute approximate surface area is 213 Å². The SMILES string of the molecule is COc1cccc(OC)c1C(=O)NC1C(=O)N2C(C(=O)O)C3(CCN(Cc4ccccc4)CC3)S[C@H]12. The topological polar surface area (TPSA) is 108 Å². The first-order valence-electron chi connectivity index (χ1n) is 11.9. The zero-order valence-corrected chi connectivity index (χ0v) is 21.0. The molecular formula is C26H29N3O6S. The zero-order valence-electron chi connectivity index (χ0n) is 20.2. The molecule has 5 rings (SSSR count). The highest BCUT2D eigenvalue weighted by Gasteiger charge is 2.67. The van der Waals surface area contributed by atoms with Crippen LogP contribution in [0.2, 0.25) is 0 Å². The number of likely N-dealkylation sites (tertiary alicyclic amines) is 1. The zero-order chi connectivity index (χ0) is 25.4. The molecule has 2 N–H and O–H groups in total. The Morgan fingerprint density at radius 3 is 2.28 bits per heavy atom. The van der Waals surface area contributed by atoms with Crippen LogP contribution in [0.3, 0.4) is 0 Å². The van der Waals surface area contributed by atoms with Crippen molar-refractivity contribution in [1.82, 2.24) is 15.1 Å². The number of fused-ring (bicyclic) bond motifs is 1. The summed E-state index contributed by atoms with van der Waals surface area (Å²) in [4.78, 5) is 42.4. The van der Waals surface area contributed by atoms with Gasteiger partial charge in [-0.25, -0.2) is 4.79 Å². The first kappa shape index (κ1) is 24.5. The van der Waals surface area contributed by atoms with Crippen LogP contribution >= 0.6 is 11.8 Å². The van der Waals surface area contributed by atoms with Crippen LogP contribution in [0.1, 0.15) is 28.8 Å². The van der Waals surface area contributed by atoms with E-state index in [9.17, 15) is 19.5 Å². The molecule has 0 bridgehead atoms. The van der Waals surface area contributed by atoms with Crippen LogP contribution in [0.25, 0.3) is 0 Å². The molecule has 0 aromatic heterocycles. The lowest BCUT2D eigenvalue weighted by Crippen LogP contribution is -2.71. The van der Waals surface area contributed by atoms with Gasteiger partial charge in [0, 0.05) is 6.54 Å². The molecule has 0 aliphatic carbocycles. The number of amides is 2. The monoisotopic (exact) mass is 511 g/mol. The first-order valence-corrected chi connectivity index (χ1v) is 12.8. The van der Waals surface area contributed by atoms with Gasteiger partial charge in [-0.15, -0.1) is 11.8 Å². The number of carboxylic acids is 1. The van der Waals surface area contributed by atoms with Crippen molar-refractivity contribution in [2.75, 3.05) is 27.3 Å². The molecule has 3 fully saturated rings. The van der Waals surface area contributed by atoms with Gasteiger partial charge in [0.25, 0.3) is 5.91 Å². The van der Waals surface area contributed by atoms with Crippen LogP contribution in [0.4, 0.5) is 0 Å². The van der Waals surface area contributed by atoms with Gasteiger partial charge >= 0.3 is 5.97 Å². The van der Waals surface area contributed by atoms with E-state index in [-0.39, 0.29) is 11.5 Å².